The van der Waals surface area contributed by atoms with Crippen molar-refractivity contribution in [3.8, 4) is 11.5 Å². The minimum absolute atomic E-state index is 0.240. The van der Waals surface area contributed by atoms with E-state index in [1.165, 1.54) is 5.56 Å². The maximum absolute atomic E-state index is 12.2. The highest BCUT2D eigenvalue weighted by Crippen LogP contribution is 2.34. The number of likely N-dealkylation sites (tertiary alicyclic amines) is 1. The summed E-state index contributed by atoms with van der Waals surface area (Å²) < 4.78 is 10.7. The number of piperidine rings is 1. The van der Waals surface area contributed by atoms with Crippen LogP contribution in [-0.4, -0.2) is 62.7 Å². The first-order valence-electron chi connectivity index (χ1n) is 8.84. The van der Waals surface area contributed by atoms with Gasteiger partial charge in [-0.15, -0.1) is 0 Å². The van der Waals surface area contributed by atoms with Crippen molar-refractivity contribution in [2.75, 3.05) is 46.9 Å². The molecule has 1 aromatic rings. The fourth-order valence-electron chi connectivity index (χ4n) is 3.40. The van der Waals surface area contributed by atoms with Crippen molar-refractivity contribution in [1.29, 1.82) is 0 Å². The second kappa shape index (κ2) is 8.92. The molecule has 0 bridgehead atoms. The third-order valence-electron chi connectivity index (χ3n) is 4.94. The van der Waals surface area contributed by atoms with Crippen LogP contribution in [0, 0.1) is 0 Å². The van der Waals surface area contributed by atoms with Gasteiger partial charge in [-0.25, -0.2) is 0 Å². The van der Waals surface area contributed by atoms with Gasteiger partial charge in [-0.2, -0.15) is 0 Å². The molecule has 0 atom stereocenters. The molecule has 1 aliphatic heterocycles. The summed E-state index contributed by atoms with van der Waals surface area (Å²) in [5, 5.41) is 0. The van der Waals surface area contributed by atoms with E-state index in [0.717, 1.165) is 50.5 Å². The zero-order chi connectivity index (χ0) is 17.5. The lowest BCUT2D eigenvalue weighted by atomic mass is 9.89. The fraction of sp³-hybridized carbons (Fsp3) is 0.632. The number of carbonyl (C=O) groups is 1. The van der Waals surface area contributed by atoms with Crippen LogP contribution in [-0.2, 0) is 4.79 Å². The van der Waals surface area contributed by atoms with Crippen LogP contribution in [0.2, 0.25) is 0 Å². The van der Waals surface area contributed by atoms with E-state index in [0.29, 0.717) is 12.5 Å². The zero-order valence-corrected chi connectivity index (χ0v) is 15.4. The van der Waals surface area contributed by atoms with E-state index in [1.807, 2.05) is 24.8 Å². The maximum Gasteiger partial charge on any atom is 0.236 e. The lowest BCUT2D eigenvalue weighted by molar-refractivity contribution is -0.132. The third-order valence-corrected chi connectivity index (χ3v) is 4.94. The topological polar surface area (TPSA) is 42.0 Å². The Morgan fingerprint density at radius 2 is 1.75 bits per heavy atom. The van der Waals surface area contributed by atoms with Gasteiger partial charge in [0.25, 0.3) is 0 Å². The van der Waals surface area contributed by atoms with Crippen LogP contribution < -0.4 is 9.47 Å². The van der Waals surface area contributed by atoms with Crippen molar-refractivity contribution >= 4 is 5.91 Å². The molecule has 0 aliphatic carbocycles. The number of hydrogen-bond donors (Lipinski definition) is 0. The molecule has 1 aromatic carbocycles. The summed E-state index contributed by atoms with van der Waals surface area (Å²) in [7, 11) is 3.33. The molecular formula is C19H30N2O3. The molecule has 0 unspecified atom stereocenters. The Bertz CT molecular complexity index is 535. The second-order valence-electron chi connectivity index (χ2n) is 6.23. The van der Waals surface area contributed by atoms with Crippen molar-refractivity contribution in [2.45, 2.75) is 32.6 Å². The van der Waals surface area contributed by atoms with Crippen LogP contribution >= 0.6 is 0 Å². The summed E-state index contributed by atoms with van der Waals surface area (Å²) in [4.78, 5) is 16.4. The molecule has 1 saturated heterocycles. The number of methoxy groups -OCH3 is 2. The normalized spacial score (nSPS) is 16.0. The summed E-state index contributed by atoms with van der Waals surface area (Å²) >= 11 is 0. The summed E-state index contributed by atoms with van der Waals surface area (Å²) in [6.07, 6.45) is 2.14. The van der Waals surface area contributed by atoms with Gasteiger partial charge in [-0.1, -0.05) is 6.07 Å². The molecule has 0 N–H and O–H groups in total. The van der Waals surface area contributed by atoms with E-state index in [9.17, 15) is 4.79 Å². The van der Waals surface area contributed by atoms with Crippen molar-refractivity contribution in [3.05, 3.63) is 23.8 Å². The Hall–Kier alpha value is -1.75. The number of carbonyl (C=O) groups excluding carboxylic acids is 1. The van der Waals surface area contributed by atoms with Gasteiger partial charge >= 0.3 is 0 Å². The molecular weight excluding hydrogens is 304 g/mol. The smallest absolute Gasteiger partial charge is 0.236 e. The molecule has 0 saturated carbocycles. The van der Waals surface area contributed by atoms with Crippen molar-refractivity contribution in [3.63, 3.8) is 0 Å². The van der Waals surface area contributed by atoms with Crippen molar-refractivity contribution in [2.24, 2.45) is 0 Å². The Kier molecular flexibility index (Phi) is 6.91. The van der Waals surface area contributed by atoms with Crippen molar-refractivity contribution in [1.82, 2.24) is 9.80 Å². The minimum Gasteiger partial charge on any atom is -0.493 e. The Balaban J connectivity index is 1.92. The van der Waals surface area contributed by atoms with Gasteiger partial charge in [0.1, 0.15) is 0 Å². The number of amides is 1. The summed E-state index contributed by atoms with van der Waals surface area (Å²) in [5.41, 5.74) is 1.29. The lowest BCUT2D eigenvalue weighted by Crippen LogP contribution is -2.43. The van der Waals surface area contributed by atoms with Gasteiger partial charge in [-0.05, 0) is 63.4 Å². The standard InChI is InChI=1S/C19H30N2O3/c1-5-21(6-2)19(22)14-20-11-9-15(10-12-20)16-7-8-17(23-3)18(13-16)24-4/h7-8,13,15H,5-6,9-12,14H2,1-4H3. The molecule has 24 heavy (non-hydrogen) atoms. The van der Waals surface area contributed by atoms with Crippen LogP contribution in [0.1, 0.15) is 38.2 Å². The molecule has 0 spiro atoms. The van der Waals surface area contributed by atoms with Gasteiger partial charge in [0.15, 0.2) is 11.5 Å². The van der Waals surface area contributed by atoms with E-state index >= 15 is 0 Å². The molecule has 1 amide bonds. The number of benzene rings is 1. The highest BCUT2D eigenvalue weighted by molar-refractivity contribution is 5.78. The quantitative estimate of drug-likeness (QED) is 0.769. The first kappa shape index (κ1) is 18.6. The molecule has 1 aliphatic rings. The van der Waals surface area contributed by atoms with Crippen molar-refractivity contribution < 1.29 is 14.3 Å². The summed E-state index contributed by atoms with van der Waals surface area (Å²) in [6, 6.07) is 6.19. The van der Waals surface area contributed by atoms with Crippen LogP contribution in [0.3, 0.4) is 0 Å². The van der Waals surface area contributed by atoms with E-state index in [4.69, 9.17) is 9.47 Å². The molecule has 5 heteroatoms. The largest absolute Gasteiger partial charge is 0.493 e. The average molecular weight is 334 g/mol. The van der Waals surface area contributed by atoms with E-state index in [1.54, 1.807) is 14.2 Å². The average Bonchev–Trinajstić information content (AvgIpc) is 2.62. The van der Waals surface area contributed by atoms with Gasteiger partial charge in [0.2, 0.25) is 5.91 Å². The monoisotopic (exact) mass is 334 g/mol. The minimum atomic E-state index is 0.240. The number of nitrogens with zero attached hydrogens (tertiary/aromatic N) is 2. The molecule has 5 nitrogen and oxygen atoms in total. The highest BCUT2D eigenvalue weighted by Gasteiger charge is 2.24. The summed E-state index contributed by atoms with van der Waals surface area (Å²) in [5.74, 6) is 2.31. The van der Waals surface area contributed by atoms with Gasteiger partial charge in [0.05, 0.1) is 20.8 Å². The third kappa shape index (κ3) is 4.41. The van der Waals surface area contributed by atoms with Gasteiger partial charge in [0, 0.05) is 13.1 Å². The fourth-order valence-corrected chi connectivity index (χ4v) is 3.40. The first-order valence-corrected chi connectivity index (χ1v) is 8.84. The van der Waals surface area contributed by atoms with Crippen LogP contribution in [0.5, 0.6) is 11.5 Å². The van der Waals surface area contributed by atoms with Crippen LogP contribution in [0.25, 0.3) is 0 Å². The van der Waals surface area contributed by atoms with E-state index < -0.39 is 0 Å². The Morgan fingerprint density at radius 3 is 2.29 bits per heavy atom. The second-order valence-corrected chi connectivity index (χ2v) is 6.23. The maximum atomic E-state index is 12.2. The van der Waals surface area contributed by atoms with E-state index in [2.05, 4.69) is 17.0 Å². The first-order chi connectivity index (χ1) is 11.6. The number of rotatable bonds is 7. The predicted octanol–water partition coefficient (Wildman–Crippen LogP) is 2.75. The molecule has 2 rings (SSSR count). The van der Waals surface area contributed by atoms with E-state index in [-0.39, 0.29) is 5.91 Å². The van der Waals surface area contributed by atoms with Gasteiger partial charge < -0.3 is 14.4 Å². The molecule has 0 aromatic heterocycles. The molecule has 0 radical (unpaired) electrons. The Labute approximate surface area is 145 Å². The van der Waals surface area contributed by atoms with Crippen LogP contribution in [0.4, 0.5) is 0 Å². The molecule has 1 heterocycles. The number of ether oxygens (including phenoxy) is 2. The SMILES string of the molecule is CCN(CC)C(=O)CN1CCC(c2ccc(OC)c(OC)c2)CC1. The number of hydrogen-bond acceptors (Lipinski definition) is 4. The van der Waals surface area contributed by atoms with Gasteiger partial charge in [-0.3, -0.25) is 9.69 Å². The summed E-state index contributed by atoms with van der Waals surface area (Å²) in [6.45, 7) is 8.11. The Morgan fingerprint density at radius 1 is 1.12 bits per heavy atom. The molecule has 134 valence electrons. The van der Waals surface area contributed by atoms with Crippen LogP contribution in [0.15, 0.2) is 18.2 Å². The predicted molar refractivity (Wildman–Crippen MR) is 95.9 cm³/mol. The highest BCUT2D eigenvalue weighted by atomic mass is 16.5. The molecule has 1 fully saturated rings. The number of likely N-dealkylation sites (N-methyl/N-ethyl adjacent to an activating group) is 1. The lowest BCUT2D eigenvalue weighted by Gasteiger charge is -2.33. The zero-order valence-electron chi connectivity index (χ0n) is 15.4.